The van der Waals surface area contributed by atoms with Gasteiger partial charge in [0, 0.05) is 27.9 Å². The van der Waals surface area contributed by atoms with E-state index in [9.17, 15) is 182 Å². The molecular weight excluding hydrogens is 1430 g/mol. The highest BCUT2D eigenvalue weighted by molar-refractivity contribution is 6.60. The summed E-state index contributed by atoms with van der Waals surface area (Å²) in [5, 5.41) is 19.7. The summed E-state index contributed by atoms with van der Waals surface area (Å²) in [6.45, 7) is 2.48. The van der Waals surface area contributed by atoms with E-state index in [1.807, 2.05) is 0 Å². The Bertz CT molecular complexity index is 2720. The van der Waals surface area contributed by atoms with E-state index in [0.29, 0.717) is 0 Å². The number of nitrogens with one attached hydrogen (secondary N) is 1. The van der Waals surface area contributed by atoms with Crippen LogP contribution in [0.15, 0.2) is 24.3 Å². The van der Waals surface area contributed by atoms with Gasteiger partial charge in [-0.2, -0.15) is 202 Å². The molecule has 1 aromatic carbocycles. The Morgan fingerprint density at radius 3 is 0.809 bits per heavy atom. The van der Waals surface area contributed by atoms with E-state index in [0.717, 1.165) is 18.9 Å². The number of hydrogen-bond acceptors (Lipinski definition) is 9. The molecule has 6 unspecified atom stereocenters. The maximum absolute atomic E-state index is 16.7. The molecule has 89 heavy (non-hydrogen) atoms. The summed E-state index contributed by atoms with van der Waals surface area (Å²) in [4.78, 5) is 12.3. The number of carbonyl (C=O) groups is 1. The second-order valence-electron chi connectivity index (χ2n) is 16.0. The Balaban J connectivity index is 4.97. The number of hydrogen-bond donors (Lipinski definition) is 3. The molecule has 522 valence electrons. The lowest BCUT2D eigenvalue weighted by Gasteiger charge is -2.44. The van der Waals surface area contributed by atoms with Crippen LogP contribution in [0.5, 0.6) is 0 Å². The predicted octanol–water partition coefficient (Wildman–Crippen LogP) is 14.2. The van der Waals surface area contributed by atoms with Crippen molar-refractivity contribution >= 4 is 24.2 Å². The van der Waals surface area contributed by atoms with Crippen LogP contribution >= 0.6 is 0 Å². The van der Waals surface area contributed by atoms with Crippen molar-refractivity contribution in [2.45, 2.75) is 140 Å². The van der Waals surface area contributed by atoms with Crippen LogP contribution in [0, 0.1) is 0 Å². The number of halogens is 46. The van der Waals surface area contributed by atoms with E-state index in [1.165, 1.54) is 4.74 Å². The largest absolute Gasteiger partial charge is 0.489 e. The summed E-state index contributed by atoms with van der Waals surface area (Å²) in [7, 11) is -5.72. The van der Waals surface area contributed by atoms with Crippen molar-refractivity contribution in [3.8, 4) is 0 Å². The fraction of sp³-hybridized carbons (Fsp3) is 0.719. The van der Waals surface area contributed by atoms with Gasteiger partial charge in [0.15, 0.2) is 0 Å². The molecule has 0 radical (unpaired) electrons. The maximum Gasteiger partial charge on any atom is 0.489 e. The van der Waals surface area contributed by atoms with Gasteiger partial charge >= 0.3 is 140 Å². The van der Waals surface area contributed by atoms with Gasteiger partial charge in [0.25, 0.3) is 5.91 Å². The van der Waals surface area contributed by atoms with Crippen molar-refractivity contribution < 1.29 is 245 Å². The van der Waals surface area contributed by atoms with Crippen LogP contribution in [0.2, 0.25) is 0 Å². The third-order valence-electron chi connectivity index (χ3n) is 9.55. The molecule has 0 aliphatic heterocycles. The molecule has 0 aromatic heterocycles. The third kappa shape index (κ3) is 13.9. The molecule has 10 nitrogen and oxygen atoms in total. The molecule has 0 aliphatic carbocycles. The molecule has 1 aromatic rings. The molecule has 57 heteroatoms. The van der Waals surface area contributed by atoms with E-state index in [-0.39, 0.29) is 12.2 Å². The molecule has 0 saturated carbocycles. The van der Waals surface area contributed by atoms with Crippen LogP contribution in [0.1, 0.15) is 18.1 Å². The zero-order valence-corrected chi connectivity index (χ0v) is 39.1. The van der Waals surface area contributed by atoms with Gasteiger partial charge < -0.3 is 15.4 Å². The average molecular weight is 1440 g/mol. The van der Waals surface area contributed by atoms with Crippen molar-refractivity contribution in [3.63, 3.8) is 0 Å². The van der Waals surface area contributed by atoms with Crippen molar-refractivity contribution in [1.82, 2.24) is 0 Å². The minimum absolute atomic E-state index is 0.0506. The number of anilines is 1. The minimum atomic E-state index is -9.63. The zero-order chi connectivity index (χ0) is 72.4. The Kier molecular flexibility index (Phi) is 20.8. The van der Waals surface area contributed by atoms with Crippen molar-refractivity contribution in [3.05, 3.63) is 35.4 Å². The topological polar surface area (TPSA) is 125 Å². The molecular formula is C32H10BF46NO9. The second kappa shape index (κ2) is 22.6. The smallest absolute Gasteiger partial charge is 0.423 e. The zero-order valence-electron chi connectivity index (χ0n) is 39.1. The van der Waals surface area contributed by atoms with Crippen LogP contribution in [0.4, 0.5) is 208 Å². The van der Waals surface area contributed by atoms with E-state index < -0.39 is 186 Å². The lowest BCUT2D eigenvalue weighted by Crippen LogP contribution is -2.70. The summed E-state index contributed by atoms with van der Waals surface area (Å²) in [6.07, 6.45) is -127. The molecule has 0 bridgehead atoms. The van der Waals surface area contributed by atoms with Crippen LogP contribution in [-0.2, 0) is 44.9 Å². The number of alkyl halides is 46. The first-order valence-electron chi connectivity index (χ1n) is 19.4. The number of ether oxygens (including phenoxy) is 6. The summed E-state index contributed by atoms with van der Waals surface area (Å²) >= 11 is 0. The quantitative estimate of drug-likeness (QED) is 0.0558. The van der Waals surface area contributed by atoms with Gasteiger partial charge in [0.1, 0.15) is 0 Å². The molecule has 0 saturated heterocycles. The maximum atomic E-state index is 16.7. The Hall–Kier alpha value is -5.05. The van der Waals surface area contributed by atoms with Crippen molar-refractivity contribution in [2.24, 2.45) is 0 Å². The van der Waals surface area contributed by atoms with Gasteiger partial charge in [-0.15, -0.1) is 0 Å². The predicted molar refractivity (Wildman–Crippen MR) is 175 cm³/mol. The first kappa shape index (κ1) is 82.0. The van der Waals surface area contributed by atoms with E-state index in [1.54, 1.807) is 4.74 Å². The molecule has 0 aliphatic rings. The molecule has 0 fully saturated rings. The van der Waals surface area contributed by atoms with Gasteiger partial charge in [-0.1, -0.05) is 12.6 Å². The number of carbonyl (C=O) groups excluding carboxylic acids is 1. The summed E-state index contributed by atoms with van der Waals surface area (Å²) in [6, 6.07) is -3.71. The molecule has 1 amide bonds. The fourth-order valence-corrected chi connectivity index (χ4v) is 5.27. The van der Waals surface area contributed by atoms with Crippen molar-refractivity contribution in [1.29, 1.82) is 0 Å². The number of rotatable bonds is 23. The lowest BCUT2D eigenvalue weighted by molar-refractivity contribution is -0.580. The molecule has 6 atom stereocenters. The monoisotopic (exact) mass is 1440 g/mol. The SMILES string of the molecule is C=C(C)C(=O)Nc1ccc(C(F)(OC(F)(F)C(F)(OC(F)(F)C(F)(OC(F)(F)C(F)(F)C(F)(F)F)C(F)(F)F)C(F)(F)F)C(F)(F)F)c(B(O)O)c1C(F)(OC(F)(F)C(F)(OC(F)(F)C(F)(OC(F)(F)C(F)(F)C(F)(F)F)C(F)(F)F)C(F)(F)F)C(F)(F)F. The molecule has 0 heterocycles. The third-order valence-corrected chi connectivity index (χ3v) is 9.55. The van der Waals surface area contributed by atoms with Gasteiger partial charge in [-0.25, -0.2) is 0 Å². The van der Waals surface area contributed by atoms with Gasteiger partial charge in [-0.3, -0.25) is 33.2 Å². The fourth-order valence-electron chi connectivity index (χ4n) is 5.27. The average Bonchev–Trinajstić information content (AvgIpc) is 0.740. The van der Waals surface area contributed by atoms with Crippen molar-refractivity contribution in [2.75, 3.05) is 5.32 Å². The van der Waals surface area contributed by atoms with Crippen LogP contribution < -0.4 is 10.8 Å². The summed E-state index contributed by atoms with van der Waals surface area (Å²) in [5.74, 6) is -75.5. The molecule has 0 spiro atoms. The highest BCUT2D eigenvalue weighted by Gasteiger charge is 2.91. The van der Waals surface area contributed by atoms with Crippen LogP contribution in [0.25, 0.3) is 0 Å². The van der Waals surface area contributed by atoms with Gasteiger partial charge in [-0.05, 0) is 13.0 Å². The lowest BCUT2D eigenvalue weighted by atomic mass is 9.69. The van der Waals surface area contributed by atoms with E-state index in [2.05, 4.69) is 6.58 Å². The molecule has 1 rings (SSSR count). The van der Waals surface area contributed by atoms with E-state index >= 15 is 35.1 Å². The van der Waals surface area contributed by atoms with Gasteiger partial charge in [0.05, 0.1) is 0 Å². The van der Waals surface area contributed by atoms with E-state index in [4.69, 9.17) is 0 Å². The highest BCUT2D eigenvalue weighted by atomic mass is 19.5. The Labute approximate surface area is 451 Å². The minimum Gasteiger partial charge on any atom is -0.423 e. The first-order chi connectivity index (χ1) is 38.0. The number of benzene rings is 1. The normalized spacial score (nSPS) is 19.3. The Morgan fingerprint density at radius 2 is 0.596 bits per heavy atom. The van der Waals surface area contributed by atoms with Crippen LogP contribution in [-0.4, -0.2) is 144 Å². The molecule has 3 N–H and O–H groups in total. The standard InChI is InChI=1S/C32H10BF46NO9/c1-5(2)10(81)80-7-4-3-6(11(34,19(44,45)46)84-29(72,73)15(40,23(56,57)58)88-31(76,77)17(42,25(62,63)64)86-27(68,69)13(36,37)21(50,51)52)9(33(82)83)8(7)12(35,20(47,48)49)85-30(74,75)16(41,24(59,60)61)89-32(78,79)18(43,26(65,66)67)87-28(70,71)14(38,39)22(53,54)55/h3-4,82-83H,1H2,2H3,(H,80,81). The Morgan fingerprint density at radius 1 is 0.360 bits per heavy atom. The summed E-state index contributed by atoms with van der Waals surface area (Å²) < 4.78 is 655. The summed E-state index contributed by atoms with van der Waals surface area (Å²) in [5.41, 5.74) is -19.7. The van der Waals surface area contributed by atoms with Gasteiger partial charge in [0.2, 0.25) is 0 Å². The van der Waals surface area contributed by atoms with Crippen LogP contribution in [0.3, 0.4) is 0 Å². The number of amides is 1. The first-order valence-corrected chi connectivity index (χ1v) is 19.4. The highest BCUT2D eigenvalue weighted by Crippen LogP contribution is 2.64. The second-order valence-corrected chi connectivity index (χ2v) is 16.0.